The van der Waals surface area contributed by atoms with E-state index in [1.54, 1.807) is 42.5 Å². The van der Waals surface area contributed by atoms with Crippen molar-refractivity contribution in [1.29, 1.82) is 0 Å². The van der Waals surface area contributed by atoms with E-state index in [-0.39, 0.29) is 24.6 Å². The first-order chi connectivity index (χ1) is 22.0. The quantitative estimate of drug-likeness (QED) is 0.135. The predicted molar refractivity (Wildman–Crippen MR) is 184 cm³/mol. The van der Waals surface area contributed by atoms with Gasteiger partial charge in [-0.25, -0.2) is 8.42 Å². The number of halogens is 2. The van der Waals surface area contributed by atoms with Gasteiger partial charge in [0.2, 0.25) is 21.8 Å². The molecule has 0 aromatic heterocycles. The molecular formula is C35H37Cl2N3O5S. The molecule has 0 radical (unpaired) electrons. The molecule has 1 atom stereocenters. The van der Waals surface area contributed by atoms with Crippen molar-refractivity contribution in [3.05, 3.63) is 124 Å². The third-order valence-corrected chi connectivity index (χ3v) is 9.10. The van der Waals surface area contributed by atoms with Gasteiger partial charge in [0.25, 0.3) is 0 Å². The van der Waals surface area contributed by atoms with Crippen molar-refractivity contribution in [2.45, 2.75) is 38.8 Å². The summed E-state index contributed by atoms with van der Waals surface area (Å²) in [6.07, 6.45) is 2.91. The number of ether oxygens (including phenoxy) is 1. The van der Waals surface area contributed by atoms with Crippen molar-refractivity contribution >= 4 is 50.7 Å². The number of rotatable bonds is 15. The van der Waals surface area contributed by atoms with Crippen LogP contribution in [0.4, 0.5) is 5.69 Å². The zero-order valence-corrected chi connectivity index (χ0v) is 28.1. The summed E-state index contributed by atoms with van der Waals surface area (Å²) in [5.41, 5.74) is 1.76. The van der Waals surface area contributed by atoms with Crippen LogP contribution in [0.15, 0.2) is 103 Å². The molecule has 0 unspecified atom stereocenters. The second kappa shape index (κ2) is 16.5. The first kappa shape index (κ1) is 34.8. The van der Waals surface area contributed by atoms with Crippen molar-refractivity contribution in [1.82, 2.24) is 10.2 Å². The lowest BCUT2D eigenvalue weighted by molar-refractivity contribution is -0.140. The third-order valence-electron chi connectivity index (χ3n) is 7.22. The summed E-state index contributed by atoms with van der Waals surface area (Å²) in [5.74, 6) is 0.236. The highest BCUT2D eigenvalue weighted by molar-refractivity contribution is 7.92. The van der Waals surface area contributed by atoms with Crippen molar-refractivity contribution in [3.63, 3.8) is 0 Å². The summed E-state index contributed by atoms with van der Waals surface area (Å²) in [4.78, 5) is 29.4. The lowest BCUT2D eigenvalue weighted by Gasteiger charge is -2.33. The summed E-state index contributed by atoms with van der Waals surface area (Å²) in [6, 6.07) is 29.0. The second-order valence-electron chi connectivity index (χ2n) is 10.8. The fourth-order valence-electron chi connectivity index (χ4n) is 4.81. The van der Waals surface area contributed by atoms with Crippen LogP contribution in [0.5, 0.6) is 11.5 Å². The topological polar surface area (TPSA) is 96.0 Å². The zero-order valence-electron chi connectivity index (χ0n) is 25.7. The van der Waals surface area contributed by atoms with Crippen LogP contribution in [-0.2, 0) is 32.6 Å². The molecule has 4 aromatic carbocycles. The van der Waals surface area contributed by atoms with Crippen LogP contribution in [0.1, 0.15) is 30.9 Å². The average molecular weight is 683 g/mol. The number of amides is 2. The Kier molecular flexibility index (Phi) is 12.5. The maximum absolute atomic E-state index is 14.3. The predicted octanol–water partition coefficient (Wildman–Crippen LogP) is 7.11. The number of sulfonamides is 1. The number of hydrogen-bond acceptors (Lipinski definition) is 5. The van der Waals surface area contributed by atoms with Gasteiger partial charge in [0.15, 0.2) is 0 Å². The lowest BCUT2D eigenvalue weighted by Crippen LogP contribution is -2.53. The summed E-state index contributed by atoms with van der Waals surface area (Å²) < 4.78 is 33.1. The Morgan fingerprint density at radius 1 is 0.826 bits per heavy atom. The Balaban J connectivity index is 1.68. The van der Waals surface area contributed by atoms with E-state index >= 15 is 0 Å². The summed E-state index contributed by atoms with van der Waals surface area (Å²) in [6.45, 7) is 1.93. The Labute approximate surface area is 280 Å². The summed E-state index contributed by atoms with van der Waals surface area (Å²) in [7, 11) is -3.92. The molecule has 0 saturated heterocycles. The minimum Gasteiger partial charge on any atom is -0.457 e. The van der Waals surface area contributed by atoms with Gasteiger partial charge in [0.05, 0.1) is 22.0 Å². The average Bonchev–Trinajstić information content (AvgIpc) is 3.04. The second-order valence-corrected chi connectivity index (χ2v) is 13.5. The number of benzene rings is 4. The molecule has 11 heteroatoms. The fraction of sp³-hybridized carbons (Fsp3) is 0.257. The molecule has 0 aliphatic carbocycles. The molecule has 0 fully saturated rings. The van der Waals surface area contributed by atoms with Crippen LogP contribution in [-0.4, -0.2) is 50.5 Å². The summed E-state index contributed by atoms with van der Waals surface area (Å²) >= 11 is 12.5. The fourth-order valence-corrected chi connectivity index (χ4v) is 5.98. The van der Waals surface area contributed by atoms with Crippen LogP contribution >= 0.6 is 23.2 Å². The van der Waals surface area contributed by atoms with Crippen LogP contribution in [0.2, 0.25) is 10.0 Å². The Morgan fingerprint density at radius 3 is 2.07 bits per heavy atom. The molecule has 0 saturated carbocycles. The third kappa shape index (κ3) is 9.97. The molecule has 0 heterocycles. The largest absolute Gasteiger partial charge is 0.457 e. The van der Waals surface area contributed by atoms with E-state index < -0.39 is 28.5 Å². The molecule has 2 amide bonds. The number of carbonyl (C=O) groups is 2. The van der Waals surface area contributed by atoms with Crippen molar-refractivity contribution in [2.24, 2.45) is 0 Å². The van der Waals surface area contributed by atoms with Gasteiger partial charge in [0, 0.05) is 19.5 Å². The number of anilines is 1. The number of carbonyl (C=O) groups excluding carboxylic acids is 2. The van der Waals surface area contributed by atoms with Crippen LogP contribution in [0.25, 0.3) is 0 Å². The Bertz CT molecular complexity index is 1710. The van der Waals surface area contributed by atoms with Gasteiger partial charge in [-0.05, 0) is 66.1 Å². The molecule has 4 rings (SSSR count). The number of hydrogen-bond donors (Lipinski definition) is 1. The van der Waals surface area contributed by atoms with Gasteiger partial charge in [-0.2, -0.15) is 0 Å². The molecule has 8 nitrogen and oxygen atoms in total. The van der Waals surface area contributed by atoms with E-state index in [2.05, 4.69) is 5.32 Å². The van der Waals surface area contributed by atoms with Gasteiger partial charge < -0.3 is 15.0 Å². The van der Waals surface area contributed by atoms with E-state index in [0.717, 1.165) is 29.0 Å². The number of nitrogens with one attached hydrogen (secondary N) is 1. The van der Waals surface area contributed by atoms with E-state index in [0.29, 0.717) is 33.7 Å². The van der Waals surface area contributed by atoms with Crippen LogP contribution in [0, 0.1) is 0 Å². The van der Waals surface area contributed by atoms with Crippen molar-refractivity contribution < 1.29 is 22.7 Å². The Morgan fingerprint density at radius 2 is 1.46 bits per heavy atom. The molecule has 0 aliphatic heterocycles. The standard InChI is InChI=1S/C35H37Cl2N3O5S/c1-3-4-21-38-35(42)33(23-26-11-7-5-8-12-26)39(24-27-15-20-31(36)32(37)22-27)34(41)25-40(46(2,43)44)28-16-18-30(19-17-28)45-29-13-9-6-10-14-29/h5-20,22,33H,3-4,21,23-25H2,1-2H3,(H,38,42)/t33-/m1/s1. The van der Waals surface area contributed by atoms with E-state index in [4.69, 9.17) is 27.9 Å². The molecular weight excluding hydrogens is 645 g/mol. The smallest absolute Gasteiger partial charge is 0.244 e. The highest BCUT2D eigenvalue weighted by Crippen LogP contribution is 2.27. The van der Waals surface area contributed by atoms with Crippen LogP contribution in [0.3, 0.4) is 0 Å². The van der Waals surface area contributed by atoms with Crippen LogP contribution < -0.4 is 14.4 Å². The molecule has 1 N–H and O–H groups in total. The zero-order chi connectivity index (χ0) is 33.1. The number of unbranched alkanes of at least 4 members (excludes halogenated alkanes) is 1. The normalized spacial score (nSPS) is 11.8. The summed E-state index contributed by atoms with van der Waals surface area (Å²) in [5, 5.41) is 3.61. The van der Waals surface area contributed by atoms with Crippen molar-refractivity contribution in [3.8, 4) is 11.5 Å². The molecule has 0 spiro atoms. The highest BCUT2D eigenvalue weighted by Gasteiger charge is 2.33. The first-order valence-corrected chi connectivity index (χ1v) is 17.5. The minimum absolute atomic E-state index is 0.00409. The number of para-hydroxylation sites is 1. The van der Waals surface area contributed by atoms with E-state index in [9.17, 15) is 18.0 Å². The van der Waals surface area contributed by atoms with Gasteiger partial charge in [-0.1, -0.05) is 91.1 Å². The van der Waals surface area contributed by atoms with E-state index in [1.165, 1.54) is 4.90 Å². The first-order valence-electron chi connectivity index (χ1n) is 14.9. The molecule has 242 valence electrons. The Hall–Kier alpha value is -4.05. The maximum Gasteiger partial charge on any atom is 0.244 e. The van der Waals surface area contributed by atoms with Crippen molar-refractivity contribution in [2.75, 3.05) is 23.7 Å². The van der Waals surface area contributed by atoms with Gasteiger partial charge in [0.1, 0.15) is 24.1 Å². The lowest BCUT2D eigenvalue weighted by atomic mass is 10.0. The SMILES string of the molecule is CCCCNC(=O)[C@@H](Cc1ccccc1)N(Cc1ccc(Cl)c(Cl)c1)C(=O)CN(c1ccc(Oc2ccccc2)cc1)S(C)(=O)=O. The van der Waals surface area contributed by atoms with Gasteiger partial charge >= 0.3 is 0 Å². The van der Waals surface area contributed by atoms with E-state index in [1.807, 2.05) is 67.6 Å². The molecule has 0 aliphatic rings. The minimum atomic E-state index is -3.92. The highest BCUT2D eigenvalue weighted by atomic mass is 35.5. The molecule has 0 bridgehead atoms. The molecule has 46 heavy (non-hydrogen) atoms. The molecule has 4 aromatic rings. The maximum atomic E-state index is 14.3. The van der Waals surface area contributed by atoms with Gasteiger partial charge in [-0.3, -0.25) is 13.9 Å². The van der Waals surface area contributed by atoms with Gasteiger partial charge in [-0.15, -0.1) is 0 Å². The number of nitrogens with zero attached hydrogens (tertiary/aromatic N) is 2. The monoisotopic (exact) mass is 681 g/mol.